The zero-order chi connectivity index (χ0) is 20.1. The minimum absolute atomic E-state index is 0.309. The fourth-order valence-corrected chi connectivity index (χ4v) is 3.90. The molecule has 2 heterocycles. The molecule has 3 aromatic rings. The SMILES string of the molecule is CCOC(=O)c1ccc(Nc2nc(-c3ccc(N4CCOCC4)cc3)cs2)cc1. The lowest BCUT2D eigenvalue weighted by atomic mass is 10.1. The lowest BCUT2D eigenvalue weighted by Crippen LogP contribution is -2.36. The number of hydrogen-bond donors (Lipinski definition) is 1. The Labute approximate surface area is 174 Å². The molecule has 0 aliphatic carbocycles. The number of nitrogens with zero attached hydrogens (tertiary/aromatic N) is 2. The van der Waals surface area contributed by atoms with Crippen LogP contribution >= 0.6 is 11.3 Å². The summed E-state index contributed by atoms with van der Waals surface area (Å²) in [6.45, 7) is 5.59. The highest BCUT2D eigenvalue weighted by molar-refractivity contribution is 7.14. The molecule has 1 aromatic heterocycles. The second-order valence-corrected chi connectivity index (χ2v) is 7.47. The van der Waals surface area contributed by atoms with E-state index >= 15 is 0 Å². The maximum absolute atomic E-state index is 11.7. The third kappa shape index (κ3) is 4.75. The van der Waals surface area contributed by atoms with Crippen molar-refractivity contribution in [1.82, 2.24) is 4.98 Å². The minimum Gasteiger partial charge on any atom is -0.462 e. The Bertz CT molecular complexity index is 948. The minimum atomic E-state index is -0.309. The summed E-state index contributed by atoms with van der Waals surface area (Å²) in [5.74, 6) is -0.309. The first-order valence-corrected chi connectivity index (χ1v) is 10.5. The van der Waals surface area contributed by atoms with Crippen molar-refractivity contribution in [3.8, 4) is 11.3 Å². The van der Waals surface area contributed by atoms with E-state index in [-0.39, 0.29) is 5.97 Å². The molecule has 150 valence electrons. The summed E-state index contributed by atoms with van der Waals surface area (Å²) >= 11 is 1.55. The predicted molar refractivity (Wildman–Crippen MR) is 116 cm³/mol. The fourth-order valence-electron chi connectivity index (χ4n) is 3.16. The lowest BCUT2D eigenvalue weighted by molar-refractivity contribution is 0.0526. The molecular weight excluding hydrogens is 386 g/mol. The molecule has 1 saturated heterocycles. The fraction of sp³-hybridized carbons (Fsp3) is 0.273. The number of aromatic nitrogens is 1. The van der Waals surface area contributed by atoms with Gasteiger partial charge in [0.1, 0.15) is 0 Å². The van der Waals surface area contributed by atoms with Crippen LogP contribution < -0.4 is 10.2 Å². The predicted octanol–water partition coefficient (Wildman–Crippen LogP) is 4.57. The van der Waals surface area contributed by atoms with E-state index in [0.717, 1.165) is 48.4 Å². The van der Waals surface area contributed by atoms with Gasteiger partial charge in [0.25, 0.3) is 0 Å². The van der Waals surface area contributed by atoms with E-state index in [2.05, 4.69) is 39.5 Å². The number of nitrogens with one attached hydrogen (secondary N) is 1. The lowest BCUT2D eigenvalue weighted by Gasteiger charge is -2.28. The van der Waals surface area contributed by atoms with Crippen LogP contribution in [-0.4, -0.2) is 43.9 Å². The number of carbonyl (C=O) groups is 1. The maximum atomic E-state index is 11.7. The number of rotatable bonds is 6. The quantitative estimate of drug-likeness (QED) is 0.602. The van der Waals surface area contributed by atoms with Crippen LogP contribution in [0.25, 0.3) is 11.3 Å². The van der Waals surface area contributed by atoms with E-state index in [9.17, 15) is 4.79 Å². The first kappa shape index (κ1) is 19.4. The van der Waals surface area contributed by atoms with E-state index in [4.69, 9.17) is 9.47 Å². The van der Waals surface area contributed by atoms with E-state index < -0.39 is 0 Å². The van der Waals surface area contributed by atoms with E-state index in [0.29, 0.717) is 12.2 Å². The van der Waals surface area contributed by atoms with E-state index in [1.807, 2.05) is 17.5 Å². The topological polar surface area (TPSA) is 63.7 Å². The summed E-state index contributed by atoms with van der Waals surface area (Å²) in [7, 11) is 0. The molecule has 0 saturated carbocycles. The van der Waals surface area contributed by atoms with Gasteiger partial charge in [-0.05, 0) is 43.3 Å². The summed E-state index contributed by atoms with van der Waals surface area (Å²) in [4.78, 5) is 18.8. The molecule has 7 heteroatoms. The largest absolute Gasteiger partial charge is 0.462 e. The van der Waals surface area contributed by atoms with Crippen molar-refractivity contribution < 1.29 is 14.3 Å². The molecule has 2 aromatic carbocycles. The van der Waals surface area contributed by atoms with E-state index in [1.54, 1.807) is 30.4 Å². The Balaban J connectivity index is 1.41. The van der Waals surface area contributed by atoms with Crippen LogP contribution in [0.2, 0.25) is 0 Å². The highest BCUT2D eigenvalue weighted by atomic mass is 32.1. The van der Waals surface area contributed by atoms with Gasteiger partial charge in [-0.25, -0.2) is 9.78 Å². The summed E-state index contributed by atoms with van der Waals surface area (Å²) in [5.41, 5.74) is 4.66. The average molecular weight is 410 g/mol. The van der Waals surface area contributed by atoms with Gasteiger partial charge in [0.2, 0.25) is 0 Å². The van der Waals surface area contributed by atoms with Crippen LogP contribution in [-0.2, 0) is 9.47 Å². The number of hydrogen-bond acceptors (Lipinski definition) is 7. The van der Waals surface area contributed by atoms with Crippen LogP contribution in [0.3, 0.4) is 0 Å². The Morgan fingerprint density at radius 3 is 2.55 bits per heavy atom. The molecule has 4 rings (SSSR count). The maximum Gasteiger partial charge on any atom is 0.338 e. The number of esters is 1. The van der Waals surface area contributed by atoms with Gasteiger partial charge >= 0.3 is 5.97 Å². The van der Waals surface area contributed by atoms with Crippen molar-refractivity contribution >= 4 is 33.8 Å². The molecule has 0 unspecified atom stereocenters. The van der Waals surface area contributed by atoms with Crippen LogP contribution in [0.5, 0.6) is 0 Å². The summed E-state index contributed by atoms with van der Waals surface area (Å²) in [6.07, 6.45) is 0. The van der Waals surface area contributed by atoms with Crippen molar-refractivity contribution in [2.45, 2.75) is 6.92 Å². The second kappa shape index (κ2) is 9.07. The summed E-state index contributed by atoms with van der Waals surface area (Å²) in [5, 5.41) is 6.14. The molecule has 6 nitrogen and oxygen atoms in total. The molecule has 1 N–H and O–H groups in total. The van der Waals surface area contributed by atoms with Crippen LogP contribution in [0.4, 0.5) is 16.5 Å². The van der Waals surface area contributed by atoms with Gasteiger partial charge in [-0.3, -0.25) is 0 Å². The van der Waals surface area contributed by atoms with Gasteiger partial charge in [-0.15, -0.1) is 11.3 Å². The number of thiazole rings is 1. The van der Waals surface area contributed by atoms with Gasteiger partial charge in [0.05, 0.1) is 31.1 Å². The highest BCUT2D eigenvalue weighted by Crippen LogP contribution is 2.29. The molecule has 0 spiro atoms. The Morgan fingerprint density at radius 2 is 1.86 bits per heavy atom. The number of carbonyl (C=O) groups excluding carboxylic acids is 1. The Kier molecular flexibility index (Phi) is 6.07. The number of benzene rings is 2. The van der Waals surface area contributed by atoms with Crippen molar-refractivity contribution in [2.75, 3.05) is 43.1 Å². The molecule has 29 heavy (non-hydrogen) atoms. The Morgan fingerprint density at radius 1 is 1.14 bits per heavy atom. The number of anilines is 3. The van der Waals surface area contributed by atoms with Crippen LogP contribution in [0.1, 0.15) is 17.3 Å². The van der Waals surface area contributed by atoms with Gasteiger partial charge < -0.3 is 19.7 Å². The van der Waals surface area contributed by atoms with Crippen LogP contribution in [0.15, 0.2) is 53.9 Å². The second-order valence-electron chi connectivity index (χ2n) is 6.61. The van der Waals surface area contributed by atoms with Gasteiger partial charge in [0, 0.05) is 35.4 Å². The zero-order valence-corrected chi connectivity index (χ0v) is 17.1. The smallest absolute Gasteiger partial charge is 0.338 e. The first-order valence-electron chi connectivity index (χ1n) is 9.66. The summed E-state index contributed by atoms with van der Waals surface area (Å²) < 4.78 is 10.4. The van der Waals surface area contributed by atoms with Crippen LogP contribution in [0, 0.1) is 0 Å². The molecule has 0 bridgehead atoms. The number of morpholine rings is 1. The highest BCUT2D eigenvalue weighted by Gasteiger charge is 2.12. The molecule has 1 aliphatic heterocycles. The molecule has 0 atom stereocenters. The average Bonchev–Trinajstić information content (AvgIpc) is 3.24. The Hall–Kier alpha value is -2.90. The standard InChI is InChI=1S/C22H23N3O3S/c1-2-28-21(26)17-3-7-18(8-4-17)23-22-24-20(15-29-22)16-5-9-19(10-6-16)25-11-13-27-14-12-25/h3-10,15H,2,11-14H2,1H3,(H,23,24). The van der Waals surface area contributed by atoms with Crippen molar-refractivity contribution in [3.63, 3.8) is 0 Å². The molecule has 0 amide bonds. The molecule has 0 radical (unpaired) electrons. The monoisotopic (exact) mass is 409 g/mol. The normalized spacial score (nSPS) is 13.9. The third-order valence-electron chi connectivity index (χ3n) is 4.69. The number of ether oxygens (including phenoxy) is 2. The van der Waals surface area contributed by atoms with Crippen molar-refractivity contribution in [3.05, 3.63) is 59.5 Å². The molecular formula is C22H23N3O3S. The molecule has 1 aliphatic rings. The summed E-state index contributed by atoms with van der Waals surface area (Å²) in [6, 6.07) is 15.7. The van der Waals surface area contributed by atoms with Crippen molar-refractivity contribution in [2.24, 2.45) is 0 Å². The van der Waals surface area contributed by atoms with E-state index in [1.165, 1.54) is 5.69 Å². The van der Waals surface area contributed by atoms with Crippen molar-refractivity contribution in [1.29, 1.82) is 0 Å². The van der Waals surface area contributed by atoms with Gasteiger partial charge in [0.15, 0.2) is 5.13 Å². The first-order chi connectivity index (χ1) is 14.2. The molecule has 1 fully saturated rings. The van der Waals surface area contributed by atoms with Gasteiger partial charge in [-0.2, -0.15) is 0 Å². The zero-order valence-electron chi connectivity index (χ0n) is 16.3. The van der Waals surface area contributed by atoms with Gasteiger partial charge in [-0.1, -0.05) is 12.1 Å². The third-order valence-corrected chi connectivity index (χ3v) is 5.45.